The maximum Gasteiger partial charge on any atom is 0.318 e. The van der Waals surface area contributed by atoms with Crippen LogP contribution in [0.25, 0.3) is 0 Å². The van der Waals surface area contributed by atoms with Crippen molar-refractivity contribution in [2.75, 3.05) is 29.9 Å². The number of hydrogen-bond donors (Lipinski definition) is 2. The summed E-state index contributed by atoms with van der Waals surface area (Å²) in [5, 5.41) is 6.57. The average molecular weight is 459 g/mol. The number of hydrogen-bond acceptors (Lipinski definition) is 7. The van der Waals surface area contributed by atoms with Gasteiger partial charge in [-0.3, -0.25) is 4.99 Å². The molecule has 6 rings (SSSR count). The van der Waals surface area contributed by atoms with Crippen LogP contribution in [0.4, 0.5) is 16.7 Å². The minimum absolute atomic E-state index is 0.0176. The summed E-state index contributed by atoms with van der Waals surface area (Å²) in [6, 6.07) is 11.0. The largest absolute Gasteiger partial charge is 0.335 e. The van der Waals surface area contributed by atoms with E-state index in [-0.39, 0.29) is 12.1 Å². The van der Waals surface area contributed by atoms with E-state index in [0.29, 0.717) is 42.8 Å². The number of aryl methyl sites for hydroxylation is 1. The van der Waals surface area contributed by atoms with E-state index in [1.807, 2.05) is 17.9 Å². The smallest absolute Gasteiger partial charge is 0.318 e. The number of urea groups is 1. The van der Waals surface area contributed by atoms with Crippen LogP contribution in [0, 0.1) is 6.92 Å². The van der Waals surface area contributed by atoms with E-state index in [1.165, 1.54) is 11.1 Å². The third kappa shape index (κ3) is 3.59. The number of carbonyl (C=O) groups is 1. The van der Waals surface area contributed by atoms with Gasteiger partial charge in [-0.05, 0) is 45.3 Å². The summed E-state index contributed by atoms with van der Waals surface area (Å²) in [6.45, 7) is 10.3. The van der Waals surface area contributed by atoms with Gasteiger partial charge in [0.05, 0.1) is 18.6 Å². The summed E-state index contributed by atoms with van der Waals surface area (Å²) >= 11 is 0. The summed E-state index contributed by atoms with van der Waals surface area (Å²) in [4.78, 5) is 35.6. The Kier molecular flexibility index (Phi) is 4.65. The molecule has 2 N–H and O–H groups in total. The fraction of sp³-hybridized carbons (Fsp3) is 0.480. The van der Waals surface area contributed by atoms with Crippen molar-refractivity contribution in [3.63, 3.8) is 0 Å². The Balaban J connectivity index is 1.14. The number of amidine groups is 1. The van der Waals surface area contributed by atoms with Crippen molar-refractivity contribution in [3.8, 4) is 0 Å². The van der Waals surface area contributed by atoms with Crippen LogP contribution in [0.1, 0.15) is 44.5 Å². The molecule has 4 heterocycles. The van der Waals surface area contributed by atoms with Crippen molar-refractivity contribution < 1.29 is 4.79 Å². The monoisotopic (exact) mass is 458 g/mol. The number of aromatic nitrogens is 3. The third-order valence-electron chi connectivity index (χ3n) is 7.43. The second-order valence-corrected chi connectivity index (χ2v) is 10.2. The van der Waals surface area contributed by atoms with Gasteiger partial charge in [0.2, 0.25) is 11.9 Å². The molecule has 4 aliphatic rings. The van der Waals surface area contributed by atoms with E-state index in [1.54, 1.807) is 0 Å². The Labute approximate surface area is 199 Å². The summed E-state index contributed by atoms with van der Waals surface area (Å²) < 4.78 is 0. The molecule has 1 saturated carbocycles. The average Bonchev–Trinajstić information content (AvgIpc) is 3.67. The van der Waals surface area contributed by atoms with Gasteiger partial charge in [0, 0.05) is 30.1 Å². The molecule has 3 unspecified atom stereocenters. The minimum Gasteiger partial charge on any atom is -0.335 e. The van der Waals surface area contributed by atoms with Crippen molar-refractivity contribution in [3.05, 3.63) is 52.9 Å². The molecule has 3 aliphatic heterocycles. The summed E-state index contributed by atoms with van der Waals surface area (Å²) in [5.74, 6) is 3.02. The Morgan fingerprint density at radius 2 is 1.91 bits per heavy atom. The van der Waals surface area contributed by atoms with Crippen LogP contribution in [-0.2, 0) is 0 Å². The van der Waals surface area contributed by atoms with E-state index in [0.717, 1.165) is 24.4 Å². The highest BCUT2D eigenvalue weighted by molar-refractivity contribution is 6.11. The molecule has 0 spiro atoms. The van der Waals surface area contributed by atoms with Crippen LogP contribution in [0.5, 0.6) is 0 Å². The van der Waals surface area contributed by atoms with Gasteiger partial charge in [-0.15, -0.1) is 0 Å². The van der Waals surface area contributed by atoms with Crippen LogP contribution in [0.15, 0.2) is 46.5 Å². The van der Waals surface area contributed by atoms with Gasteiger partial charge in [0.25, 0.3) is 0 Å². The fourth-order valence-electron chi connectivity index (χ4n) is 5.12. The number of carbonyl (C=O) groups excluding carboxylic acids is 1. The SMILES string of the molecule is Cc1nc(NC2=NCC3=C2CN(C(=O)NC2CC2c2ccccc2)C3(C)C)nc(N2CC2C)n1. The van der Waals surface area contributed by atoms with Gasteiger partial charge >= 0.3 is 6.03 Å². The maximum atomic E-state index is 13.3. The highest BCUT2D eigenvalue weighted by Gasteiger charge is 2.48. The van der Waals surface area contributed by atoms with Crippen molar-refractivity contribution in [2.24, 2.45) is 4.99 Å². The Bertz CT molecular complexity index is 1220. The fourth-order valence-corrected chi connectivity index (χ4v) is 5.12. The maximum absolute atomic E-state index is 13.3. The van der Waals surface area contributed by atoms with Crippen LogP contribution in [0.2, 0.25) is 0 Å². The number of anilines is 2. The molecule has 9 heteroatoms. The van der Waals surface area contributed by atoms with Crippen LogP contribution in [-0.4, -0.2) is 69.0 Å². The molecule has 0 bridgehead atoms. The summed E-state index contributed by atoms with van der Waals surface area (Å²) in [7, 11) is 0. The van der Waals surface area contributed by atoms with E-state index >= 15 is 0 Å². The lowest BCUT2D eigenvalue weighted by atomic mass is 9.94. The molecular formula is C25H30N8O. The number of aliphatic imine (C=N–C) groups is 1. The quantitative estimate of drug-likeness (QED) is 0.684. The zero-order valence-electron chi connectivity index (χ0n) is 20.0. The van der Waals surface area contributed by atoms with Crippen molar-refractivity contribution in [2.45, 2.75) is 57.7 Å². The van der Waals surface area contributed by atoms with Crippen LogP contribution in [0.3, 0.4) is 0 Å². The first-order chi connectivity index (χ1) is 16.3. The van der Waals surface area contributed by atoms with Crippen molar-refractivity contribution in [1.29, 1.82) is 0 Å². The molecule has 1 aromatic carbocycles. The molecule has 2 fully saturated rings. The molecule has 9 nitrogen and oxygen atoms in total. The molecule has 3 atom stereocenters. The van der Waals surface area contributed by atoms with Gasteiger partial charge < -0.3 is 20.4 Å². The van der Waals surface area contributed by atoms with Crippen molar-refractivity contribution >= 4 is 23.8 Å². The molecule has 2 aromatic rings. The molecule has 34 heavy (non-hydrogen) atoms. The third-order valence-corrected chi connectivity index (χ3v) is 7.43. The number of nitrogens with one attached hydrogen (secondary N) is 2. The lowest BCUT2D eigenvalue weighted by Gasteiger charge is -2.34. The first kappa shape index (κ1) is 21.1. The normalized spacial score (nSPS) is 26.4. The molecule has 2 amide bonds. The van der Waals surface area contributed by atoms with Gasteiger partial charge in [0.1, 0.15) is 11.7 Å². The second kappa shape index (κ2) is 7.51. The van der Waals surface area contributed by atoms with E-state index < -0.39 is 5.54 Å². The van der Waals surface area contributed by atoms with E-state index in [9.17, 15) is 4.79 Å². The lowest BCUT2D eigenvalue weighted by Crippen LogP contribution is -2.51. The highest BCUT2D eigenvalue weighted by Crippen LogP contribution is 2.42. The van der Waals surface area contributed by atoms with Gasteiger partial charge in [-0.1, -0.05) is 30.3 Å². The van der Waals surface area contributed by atoms with Crippen LogP contribution < -0.4 is 15.5 Å². The first-order valence-electron chi connectivity index (χ1n) is 12.0. The molecule has 1 saturated heterocycles. The van der Waals surface area contributed by atoms with Crippen molar-refractivity contribution in [1.82, 2.24) is 25.2 Å². The number of rotatable bonds is 4. The topological polar surface area (TPSA) is 98.4 Å². The Morgan fingerprint density at radius 3 is 2.65 bits per heavy atom. The first-order valence-corrected chi connectivity index (χ1v) is 12.0. The zero-order chi connectivity index (χ0) is 23.6. The van der Waals surface area contributed by atoms with E-state index in [2.05, 4.69) is 75.5 Å². The van der Waals surface area contributed by atoms with Crippen LogP contribution >= 0.6 is 0 Å². The zero-order valence-corrected chi connectivity index (χ0v) is 20.0. The molecular weight excluding hydrogens is 428 g/mol. The molecule has 0 radical (unpaired) electrons. The predicted molar refractivity (Wildman–Crippen MR) is 131 cm³/mol. The second-order valence-electron chi connectivity index (χ2n) is 10.2. The van der Waals surface area contributed by atoms with Gasteiger partial charge in [-0.2, -0.15) is 15.0 Å². The number of nitrogens with zero attached hydrogens (tertiary/aromatic N) is 6. The molecule has 176 valence electrons. The Morgan fingerprint density at radius 1 is 1.15 bits per heavy atom. The van der Waals surface area contributed by atoms with E-state index in [4.69, 9.17) is 4.99 Å². The molecule has 1 aliphatic carbocycles. The van der Waals surface area contributed by atoms with Gasteiger partial charge in [-0.25, -0.2) is 4.79 Å². The predicted octanol–water partition coefficient (Wildman–Crippen LogP) is 2.87. The number of benzene rings is 1. The number of amides is 2. The summed E-state index contributed by atoms with van der Waals surface area (Å²) in [6.07, 6.45) is 0.988. The minimum atomic E-state index is -0.404. The molecule has 1 aromatic heterocycles. The standard InChI is InChI=1S/C25H30N8O/c1-14-12-32(14)23-28-15(2)27-22(31-23)30-21-18-13-33(25(3,4)19(18)11-26-21)24(34)29-20-10-17(20)16-8-6-5-7-9-16/h5-9,14,17,20H,10-13H2,1-4H3,(H,29,34)(H,26,27,28,30,31). The highest BCUT2D eigenvalue weighted by atomic mass is 16.2. The van der Waals surface area contributed by atoms with Gasteiger partial charge in [0.15, 0.2) is 0 Å². The Hall–Kier alpha value is -3.49. The summed E-state index contributed by atoms with van der Waals surface area (Å²) in [5.41, 5.74) is 3.12. The lowest BCUT2D eigenvalue weighted by molar-refractivity contribution is 0.170.